The zero-order valence-corrected chi connectivity index (χ0v) is 13.1. The lowest BCUT2D eigenvalue weighted by molar-refractivity contribution is -0.119. The molecule has 2 unspecified atom stereocenters. The average molecular weight is 274 g/mol. The molecule has 0 aliphatic heterocycles. The Hall–Kier alpha value is -0.590. The number of allylic oxidation sites excluding steroid dienone is 2. The standard InChI is InChI=1S/C19H30O/c1-2-3-14-4-6-15(7-5-14)16-8-9-18-13-19(20)11-10-17(18)12-16/h9,14-17H,2-8,10-13H2,1H3. The summed E-state index contributed by atoms with van der Waals surface area (Å²) in [7, 11) is 0. The van der Waals surface area contributed by atoms with Gasteiger partial charge in [-0.2, -0.15) is 0 Å². The Labute approximate surface area is 124 Å². The summed E-state index contributed by atoms with van der Waals surface area (Å²) in [5, 5.41) is 0. The highest BCUT2D eigenvalue weighted by Crippen LogP contribution is 2.45. The van der Waals surface area contributed by atoms with E-state index < -0.39 is 0 Å². The molecule has 0 aromatic rings. The highest BCUT2D eigenvalue weighted by molar-refractivity contribution is 5.82. The van der Waals surface area contributed by atoms with Gasteiger partial charge in [-0.1, -0.05) is 44.3 Å². The van der Waals surface area contributed by atoms with E-state index in [0.29, 0.717) is 5.78 Å². The molecule has 2 saturated carbocycles. The molecule has 0 bridgehead atoms. The van der Waals surface area contributed by atoms with Gasteiger partial charge >= 0.3 is 0 Å². The number of ketones is 1. The van der Waals surface area contributed by atoms with Gasteiger partial charge in [0.25, 0.3) is 0 Å². The number of hydrogen-bond acceptors (Lipinski definition) is 1. The van der Waals surface area contributed by atoms with Crippen molar-refractivity contribution >= 4 is 5.78 Å². The number of Topliss-reactive ketones (excluding diaryl/α,β-unsaturated/α-hetero) is 1. The summed E-state index contributed by atoms with van der Waals surface area (Å²) in [5.74, 6) is 4.18. The fraction of sp³-hybridized carbons (Fsp3) is 0.842. The average Bonchev–Trinajstić information content (AvgIpc) is 2.48. The van der Waals surface area contributed by atoms with E-state index in [1.54, 1.807) is 0 Å². The van der Waals surface area contributed by atoms with Gasteiger partial charge in [-0.25, -0.2) is 0 Å². The molecule has 3 rings (SSSR count). The van der Waals surface area contributed by atoms with E-state index in [2.05, 4.69) is 13.0 Å². The SMILES string of the molecule is CCCC1CCC(C2CC=C3CC(=O)CCC3C2)CC1. The van der Waals surface area contributed by atoms with Crippen LogP contribution in [-0.4, -0.2) is 5.78 Å². The normalized spacial score (nSPS) is 38.2. The van der Waals surface area contributed by atoms with E-state index in [-0.39, 0.29) is 0 Å². The van der Waals surface area contributed by atoms with Crippen LogP contribution >= 0.6 is 0 Å². The predicted octanol–water partition coefficient (Wildman–Crippen LogP) is 5.30. The first kappa shape index (κ1) is 14.4. The third-order valence-electron chi connectivity index (χ3n) is 6.22. The van der Waals surface area contributed by atoms with Crippen LogP contribution in [0.3, 0.4) is 0 Å². The first-order chi connectivity index (χ1) is 9.76. The molecule has 1 nitrogen and oxygen atoms in total. The van der Waals surface area contributed by atoms with E-state index in [4.69, 9.17) is 0 Å². The van der Waals surface area contributed by atoms with Crippen molar-refractivity contribution in [2.75, 3.05) is 0 Å². The van der Waals surface area contributed by atoms with Gasteiger partial charge in [0.05, 0.1) is 0 Å². The van der Waals surface area contributed by atoms with Crippen LogP contribution in [0.15, 0.2) is 11.6 Å². The molecule has 2 atom stereocenters. The summed E-state index contributed by atoms with van der Waals surface area (Å²) in [4.78, 5) is 11.6. The highest BCUT2D eigenvalue weighted by Gasteiger charge is 2.34. The van der Waals surface area contributed by atoms with Crippen LogP contribution in [0, 0.1) is 23.7 Å². The Morgan fingerprint density at radius 1 is 1.10 bits per heavy atom. The van der Waals surface area contributed by atoms with Crippen LogP contribution in [0.2, 0.25) is 0 Å². The van der Waals surface area contributed by atoms with Crippen molar-refractivity contribution in [1.82, 2.24) is 0 Å². The Morgan fingerprint density at radius 2 is 1.90 bits per heavy atom. The number of carbonyl (C=O) groups excluding carboxylic acids is 1. The molecule has 1 heteroatoms. The summed E-state index contributed by atoms with van der Waals surface area (Å²) in [6, 6.07) is 0. The molecule has 112 valence electrons. The lowest BCUT2D eigenvalue weighted by atomic mass is 9.66. The van der Waals surface area contributed by atoms with Crippen LogP contribution in [-0.2, 0) is 4.79 Å². The predicted molar refractivity (Wildman–Crippen MR) is 83.5 cm³/mol. The lowest BCUT2D eigenvalue weighted by Crippen LogP contribution is -2.29. The number of rotatable bonds is 3. The molecule has 0 N–H and O–H groups in total. The van der Waals surface area contributed by atoms with Crippen molar-refractivity contribution in [3.8, 4) is 0 Å². The summed E-state index contributed by atoms with van der Waals surface area (Å²) < 4.78 is 0. The molecule has 3 aliphatic rings. The Bertz CT molecular complexity index is 373. The van der Waals surface area contributed by atoms with Crippen LogP contribution in [0.25, 0.3) is 0 Å². The first-order valence-electron chi connectivity index (χ1n) is 8.97. The minimum Gasteiger partial charge on any atom is -0.299 e. The van der Waals surface area contributed by atoms with Crippen molar-refractivity contribution in [3.63, 3.8) is 0 Å². The quantitative estimate of drug-likeness (QED) is 0.638. The largest absolute Gasteiger partial charge is 0.299 e. The van der Waals surface area contributed by atoms with Crippen molar-refractivity contribution in [1.29, 1.82) is 0 Å². The van der Waals surface area contributed by atoms with Gasteiger partial charge in [0, 0.05) is 12.8 Å². The minimum atomic E-state index is 0.478. The van der Waals surface area contributed by atoms with Gasteiger partial charge in [-0.05, 0) is 55.8 Å². The van der Waals surface area contributed by atoms with E-state index >= 15 is 0 Å². The van der Waals surface area contributed by atoms with Gasteiger partial charge in [0.1, 0.15) is 5.78 Å². The molecule has 0 saturated heterocycles. The highest BCUT2D eigenvalue weighted by atomic mass is 16.1. The van der Waals surface area contributed by atoms with Crippen LogP contribution < -0.4 is 0 Å². The van der Waals surface area contributed by atoms with Crippen molar-refractivity contribution in [2.24, 2.45) is 23.7 Å². The van der Waals surface area contributed by atoms with E-state index in [9.17, 15) is 4.79 Å². The molecule has 0 spiro atoms. The van der Waals surface area contributed by atoms with Crippen molar-refractivity contribution in [3.05, 3.63) is 11.6 Å². The fourth-order valence-electron chi connectivity index (χ4n) is 4.99. The topological polar surface area (TPSA) is 17.1 Å². The Kier molecular flexibility index (Phi) is 4.63. The number of carbonyl (C=O) groups is 1. The summed E-state index contributed by atoms with van der Waals surface area (Å²) in [6.07, 6.45) is 16.6. The molecule has 0 radical (unpaired) electrons. The first-order valence-corrected chi connectivity index (χ1v) is 8.97. The second-order valence-corrected chi connectivity index (χ2v) is 7.53. The van der Waals surface area contributed by atoms with Gasteiger partial charge in [0.2, 0.25) is 0 Å². The maximum Gasteiger partial charge on any atom is 0.136 e. The molecule has 0 aromatic carbocycles. The fourth-order valence-corrected chi connectivity index (χ4v) is 4.99. The molecule has 0 amide bonds. The second-order valence-electron chi connectivity index (χ2n) is 7.53. The molecule has 0 aromatic heterocycles. The molecule has 3 aliphatic carbocycles. The van der Waals surface area contributed by atoms with Gasteiger partial charge in [-0.3, -0.25) is 4.79 Å². The zero-order chi connectivity index (χ0) is 13.9. The molecular weight excluding hydrogens is 244 g/mol. The molecule has 20 heavy (non-hydrogen) atoms. The lowest BCUT2D eigenvalue weighted by Gasteiger charge is -2.39. The Morgan fingerprint density at radius 3 is 2.65 bits per heavy atom. The number of hydrogen-bond donors (Lipinski definition) is 0. The maximum absolute atomic E-state index is 11.6. The van der Waals surface area contributed by atoms with Crippen LogP contribution in [0.5, 0.6) is 0 Å². The molecular formula is C19H30O. The number of fused-ring (bicyclic) bond motifs is 1. The smallest absolute Gasteiger partial charge is 0.136 e. The van der Waals surface area contributed by atoms with E-state index in [1.807, 2.05) is 0 Å². The Balaban J connectivity index is 1.54. The minimum absolute atomic E-state index is 0.478. The zero-order valence-electron chi connectivity index (χ0n) is 13.1. The summed E-state index contributed by atoms with van der Waals surface area (Å²) >= 11 is 0. The van der Waals surface area contributed by atoms with E-state index in [1.165, 1.54) is 56.9 Å². The molecule has 0 heterocycles. The van der Waals surface area contributed by atoms with Crippen LogP contribution in [0.4, 0.5) is 0 Å². The third-order valence-corrected chi connectivity index (χ3v) is 6.22. The van der Waals surface area contributed by atoms with Gasteiger partial charge < -0.3 is 0 Å². The van der Waals surface area contributed by atoms with Crippen molar-refractivity contribution < 1.29 is 4.79 Å². The maximum atomic E-state index is 11.6. The van der Waals surface area contributed by atoms with Crippen LogP contribution in [0.1, 0.15) is 77.6 Å². The summed E-state index contributed by atoms with van der Waals surface area (Å²) in [6.45, 7) is 2.32. The van der Waals surface area contributed by atoms with Crippen molar-refractivity contribution in [2.45, 2.75) is 77.6 Å². The second kappa shape index (κ2) is 6.45. The van der Waals surface area contributed by atoms with E-state index in [0.717, 1.165) is 42.9 Å². The van der Waals surface area contributed by atoms with Gasteiger partial charge in [0.15, 0.2) is 0 Å². The third kappa shape index (κ3) is 3.18. The summed E-state index contributed by atoms with van der Waals surface area (Å²) in [5.41, 5.74) is 1.50. The van der Waals surface area contributed by atoms with Gasteiger partial charge in [-0.15, -0.1) is 0 Å². The monoisotopic (exact) mass is 274 g/mol. The molecule has 2 fully saturated rings.